The largest absolute Gasteiger partial charge is 0.459 e. The summed E-state index contributed by atoms with van der Waals surface area (Å²) >= 11 is 0. The lowest BCUT2D eigenvalue weighted by Crippen LogP contribution is -2.60. The first kappa shape index (κ1) is 44.9. The number of nitriles is 1. The Morgan fingerprint density at radius 2 is 1.62 bits per heavy atom. The maximum absolute atomic E-state index is 14.2. The highest BCUT2D eigenvalue weighted by molar-refractivity contribution is 5.73. The Kier molecular flexibility index (Phi) is 15.9. The number of hydrogen-bond donors (Lipinski definition) is 5. The van der Waals surface area contributed by atoms with E-state index in [9.17, 15) is 35.6 Å². The van der Waals surface area contributed by atoms with Crippen molar-refractivity contribution in [3.8, 4) is 6.07 Å². The number of hydrogen-bond acceptors (Lipinski definition) is 14. The molecule has 5 N–H and O–H groups in total. The van der Waals surface area contributed by atoms with Crippen LogP contribution in [0.25, 0.3) is 0 Å². The van der Waals surface area contributed by atoms with Crippen LogP contribution < -0.4 is 0 Å². The maximum Gasteiger partial charge on any atom is 0.311 e. The topological polar surface area (TPSA) is 201 Å². The quantitative estimate of drug-likeness (QED) is 0.227. The van der Waals surface area contributed by atoms with Crippen molar-refractivity contribution in [2.75, 3.05) is 20.2 Å². The molecule has 52 heavy (non-hydrogen) atoms. The third-order valence-electron chi connectivity index (χ3n) is 11.8. The van der Waals surface area contributed by atoms with Crippen LogP contribution in [0.4, 0.5) is 0 Å². The van der Waals surface area contributed by atoms with Crippen LogP contribution in [0.3, 0.4) is 0 Å². The van der Waals surface area contributed by atoms with Crippen LogP contribution in [0.1, 0.15) is 108 Å². The summed E-state index contributed by atoms with van der Waals surface area (Å²) in [5.41, 5.74) is -4.50. The minimum absolute atomic E-state index is 0.121. The Hall–Kier alpha value is -1.48. The Bertz CT molecular complexity index is 1180. The molecule has 3 heterocycles. The van der Waals surface area contributed by atoms with Gasteiger partial charge in [-0.15, -0.1) is 0 Å². The monoisotopic (exact) mass is 744 g/mol. The van der Waals surface area contributed by atoms with Crippen molar-refractivity contribution in [3.63, 3.8) is 0 Å². The first-order valence-corrected chi connectivity index (χ1v) is 19.1. The number of carbonyl (C=O) groups excluding carboxylic acids is 1. The van der Waals surface area contributed by atoms with E-state index in [1.165, 1.54) is 14.0 Å². The van der Waals surface area contributed by atoms with E-state index in [0.717, 1.165) is 0 Å². The summed E-state index contributed by atoms with van der Waals surface area (Å²) < 4.78 is 37.2. The first-order valence-electron chi connectivity index (χ1n) is 19.1. The lowest BCUT2D eigenvalue weighted by Gasteiger charge is -2.48. The zero-order valence-electron chi connectivity index (χ0n) is 33.2. The van der Waals surface area contributed by atoms with Crippen LogP contribution >= 0.6 is 0 Å². The van der Waals surface area contributed by atoms with Crippen molar-refractivity contribution < 1.29 is 58.7 Å². The van der Waals surface area contributed by atoms with E-state index in [1.807, 2.05) is 18.7 Å². The molecule has 0 aromatic heterocycles. The molecule has 2 unspecified atom stereocenters. The molecular formula is C38H68N2O12. The number of rotatable bonds is 8. The van der Waals surface area contributed by atoms with Crippen molar-refractivity contribution in [3.05, 3.63) is 0 Å². The van der Waals surface area contributed by atoms with Gasteiger partial charge < -0.3 is 54.0 Å². The number of methoxy groups -OCH3 is 1. The van der Waals surface area contributed by atoms with Gasteiger partial charge in [0.05, 0.1) is 47.6 Å². The zero-order valence-corrected chi connectivity index (χ0v) is 33.2. The summed E-state index contributed by atoms with van der Waals surface area (Å²) in [6, 6.07) is 1.50. The molecule has 14 nitrogen and oxygen atoms in total. The highest BCUT2D eigenvalue weighted by atomic mass is 16.7. The van der Waals surface area contributed by atoms with Gasteiger partial charge in [0, 0.05) is 45.0 Å². The molecule has 17 atom stereocenters. The van der Waals surface area contributed by atoms with Gasteiger partial charge in [0.2, 0.25) is 0 Å². The summed E-state index contributed by atoms with van der Waals surface area (Å²) in [6.07, 6.45) is -7.67. The molecule has 3 rings (SSSR count). The zero-order chi connectivity index (χ0) is 39.3. The minimum atomic E-state index is -1.87. The van der Waals surface area contributed by atoms with Crippen molar-refractivity contribution in [1.82, 2.24) is 4.90 Å². The second-order valence-corrected chi connectivity index (χ2v) is 16.5. The van der Waals surface area contributed by atoms with Crippen LogP contribution in [-0.2, 0) is 33.2 Å². The second kappa shape index (κ2) is 18.4. The van der Waals surface area contributed by atoms with Gasteiger partial charge in [0.15, 0.2) is 12.6 Å². The summed E-state index contributed by atoms with van der Waals surface area (Å²) in [6.45, 7) is 18.0. The fourth-order valence-electron chi connectivity index (χ4n) is 8.49. The SMILES string of the molecule is CC[C@H]1OC(=O)[C@H](C)[C@@H](O[C@H]2C[C@@](C)(OC)[C@@H](O)[C@H](C)O2)[C@H](C)[C@@H](O[C@@H]2O[C@H](C)CC[C@H]2O)C(C)(O)C[C@@H](C)CN(CCC#N)C(C)[C@@H](O)[C@]1(C)O. The average Bonchev–Trinajstić information content (AvgIpc) is 3.08. The van der Waals surface area contributed by atoms with Crippen molar-refractivity contribution in [2.24, 2.45) is 17.8 Å². The molecule has 3 aliphatic heterocycles. The van der Waals surface area contributed by atoms with Crippen molar-refractivity contribution in [2.45, 2.75) is 192 Å². The Balaban J connectivity index is 2.17. The number of aliphatic hydroxyl groups is 5. The minimum Gasteiger partial charge on any atom is -0.459 e. The van der Waals surface area contributed by atoms with Gasteiger partial charge in [-0.25, -0.2) is 0 Å². The van der Waals surface area contributed by atoms with Crippen molar-refractivity contribution >= 4 is 5.97 Å². The molecule has 0 aromatic rings. The first-order chi connectivity index (χ1) is 24.1. The van der Waals surface area contributed by atoms with Crippen LogP contribution in [0, 0.1) is 29.1 Å². The van der Waals surface area contributed by atoms with E-state index in [-0.39, 0.29) is 37.7 Å². The summed E-state index contributed by atoms with van der Waals surface area (Å²) in [5.74, 6) is -2.73. The van der Waals surface area contributed by atoms with Gasteiger partial charge in [-0.05, 0) is 80.1 Å². The lowest BCUT2D eigenvalue weighted by atomic mass is 9.77. The molecule has 3 fully saturated rings. The highest BCUT2D eigenvalue weighted by Crippen LogP contribution is 2.40. The molecule has 0 saturated carbocycles. The van der Waals surface area contributed by atoms with E-state index in [1.54, 1.807) is 48.5 Å². The molecule has 0 spiro atoms. The number of nitrogens with zero attached hydrogens (tertiary/aromatic N) is 2. The van der Waals surface area contributed by atoms with Crippen LogP contribution in [0.15, 0.2) is 0 Å². The van der Waals surface area contributed by atoms with E-state index < -0.39 is 96.0 Å². The fraction of sp³-hybridized carbons (Fsp3) is 0.947. The number of aliphatic hydroxyl groups excluding tert-OH is 3. The second-order valence-electron chi connectivity index (χ2n) is 16.5. The lowest BCUT2D eigenvalue weighted by molar-refractivity contribution is -0.314. The Labute approximate surface area is 310 Å². The number of cyclic esters (lactones) is 1. The smallest absolute Gasteiger partial charge is 0.311 e. The van der Waals surface area contributed by atoms with E-state index in [4.69, 9.17) is 28.4 Å². The van der Waals surface area contributed by atoms with Gasteiger partial charge in [0.1, 0.15) is 30.0 Å². The average molecular weight is 745 g/mol. The normalized spacial score (nSPS) is 47.9. The molecule has 0 aliphatic carbocycles. The molecule has 0 amide bonds. The van der Waals surface area contributed by atoms with Gasteiger partial charge in [-0.3, -0.25) is 9.69 Å². The van der Waals surface area contributed by atoms with Gasteiger partial charge in [0.25, 0.3) is 0 Å². The van der Waals surface area contributed by atoms with E-state index in [0.29, 0.717) is 25.9 Å². The maximum atomic E-state index is 14.2. The summed E-state index contributed by atoms with van der Waals surface area (Å²) in [5, 5.41) is 67.2. The molecule has 14 heteroatoms. The van der Waals surface area contributed by atoms with Crippen LogP contribution in [0.2, 0.25) is 0 Å². The van der Waals surface area contributed by atoms with Gasteiger partial charge in [-0.1, -0.05) is 20.8 Å². The summed E-state index contributed by atoms with van der Waals surface area (Å²) in [7, 11) is 1.50. The fourth-order valence-corrected chi connectivity index (χ4v) is 8.49. The molecule has 3 aliphatic rings. The molecule has 0 bridgehead atoms. The molecule has 0 radical (unpaired) electrons. The predicted octanol–water partition coefficient (Wildman–Crippen LogP) is 2.64. The van der Waals surface area contributed by atoms with Crippen LogP contribution in [-0.4, -0.2) is 141 Å². The number of carbonyl (C=O) groups is 1. The van der Waals surface area contributed by atoms with Gasteiger partial charge >= 0.3 is 5.97 Å². The Morgan fingerprint density at radius 3 is 2.21 bits per heavy atom. The molecule has 3 saturated heterocycles. The third-order valence-corrected chi connectivity index (χ3v) is 11.8. The number of esters is 1. The number of ether oxygens (including phenoxy) is 6. The summed E-state index contributed by atoms with van der Waals surface area (Å²) in [4.78, 5) is 16.1. The van der Waals surface area contributed by atoms with Gasteiger partial charge in [-0.2, -0.15) is 5.26 Å². The van der Waals surface area contributed by atoms with E-state index in [2.05, 4.69) is 6.07 Å². The predicted molar refractivity (Wildman–Crippen MR) is 190 cm³/mol. The Morgan fingerprint density at radius 1 is 0.962 bits per heavy atom. The molecule has 0 aromatic carbocycles. The van der Waals surface area contributed by atoms with Crippen LogP contribution in [0.5, 0.6) is 0 Å². The molecule has 302 valence electrons. The van der Waals surface area contributed by atoms with Crippen molar-refractivity contribution in [1.29, 1.82) is 5.26 Å². The van der Waals surface area contributed by atoms with E-state index >= 15 is 0 Å². The third kappa shape index (κ3) is 10.4. The molecular weight excluding hydrogens is 676 g/mol. The standard InChI is InChI=1S/C38H68N2O12/c1-12-28-38(10,46)31(42)25(6)40(17-13-16-39)20-21(2)18-36(8,45)33(52-35-27(41)15-14-22(3)48-35)23(4)30(24(5)34(44)50-28)51-29-19-37(9,47-11)32(43)26(7)49-29/h21-33,35,41-43,45-46H,12-15,17-20H2,1-11H3/t21-,22-,23+,24-,25?,26+,27-,28-,29+,30+,31-,32+,33-,35+,36?,37-,38-/m1/s1. The highest BCUT2D eigenvalue weighted by Gasteiger charge is 2.52.